The average Bonchev–Trinajstić information content (AvgIpc) is 2.34. The molecule has 0 radical (unpaired) electrons. The summed E-state index contributed by atoms with van der Waals surface area (Å²) in [4.78, 5) is 6.05. The van der Waals surface area contributed by atoms with Crippen LogP contribution in [0.1, 0.15) is 27.2 Å². The lowest BCUT2D eigenvalue weighted by Gasteiger charge is -2.42. The third-order valence-corrected chi connectivity index (χ3v) is 4.02. The van der Waals surface area contributed by atoms with Crippen molar-refractivity contribution in [1.82, 2.24) is 4.98 Å². The minimum Gasteiger partial charge on any atom is -0.371 e. The van der Waals surface area contributed by atoms with Gasteiger partial charge in [0, 0.05) is 25.7 Å². The monoisotopic (exact) mass is 269 g/mol. The Morgan fingerprint density at radius 3 is 2.58 bits per heavy atom. The van der Waals surface area contributed by atoms with Crippen molar-refractivity contribution in [2.45, 2.75) is 33.2 Å². The maximum Gasteiger partial charge on any atom is 0.168 e. The summed E-state index contributed by atoms with van der Waals surface area (Å²) < 4.78 is 27.5. The molecule has 1 aliphatic heterocycles. The molecular weight excluding hydrogens is 248 g/mol. The van der Waals surface area contributed by atoms with Crippen molar-refractivity contribution >= 4 is 11.6 Å². The lowest BCUT2D eigenvalue weighted by atomic mass is 9.86. The molecule has 0 amide bonds. The van der Waals surface area contributed by atoms with E-state index in [4.69, 9.17) is 0 Å². The molecule has 1 N–H and O–H groups in total. The minimum atomic E-state index is -0.658. The molecule has 0 aromatic carbocycles. The largest absolute Gasteiger partial charge is 0.371 e. The van der Waals surface area contributed by atoms with Crippen LogP contribution in [0.2, 0.25) is 0 Å². The van der Waals surface area contributed by atoms with Gasteiger partial charge >= 0.3 is 0 Å². The summed E-state index contributed by atoms with van der Waals surface area (Å²) in [6.45, 7) is 7.13. The molecule has 1 fully saturated rings. The summed E-state index contributed by atoms with van der Waals surface area (Å²) in [5.41, 5.74) is 0. The zero-order valence-corrected chi connectivity index (χ0v) is 11.9. The summed E-state index contributed by atoms with van der Waals surface area (Å²) in [5, 5.41) is 2.66. The van der Waals surface area contributed by atoms with E-state index in [-0.39, 0.29) is 17.7 Å². The first-order valence-electron chi connectivity index (χ1n) is 6.74. The number of nitrogens with zero attached hydrogens (tertiary/aromatic N) is 2. The zero-order valence-electron chi connectivity index (χ0n) is 11.9. The van der Waals surface area contributed by atoms with Crippen molar-refractivity contribution in [3.8, 4) is 0 Å². The average molecular weight is 269 g/mol. The highest BCUT2D eigenvalue weighted by molar-refractivity contribution is 5.50. The summed E-state index contributed by atoms with van der Waals surface area (Å²) in [5.74, 6) is 0.0359. The Hall–Kier alpha value is -1.39. The van der Waals surface area contributed by atoms with E-state index in [0.717, 1.165) is 19.0 Å². The van der Waals surface area contributed by atoms with Crippen LogP contribution in [0.5, 0.6) is 0 Å². The molecule has 1 aromatic rings. The van der Waals surface area contributed by atoms with Crippen molar-refractivity contribution < 1.29 is 8.78 Å². The van der Waals surface area contributed by atoms with Crippen LogP contribution in [-0.2, 0) is 0 Å². The maximum absolute atomic E-state index is 14.0. The van der Waals surface area contributed by atoms with Gasteiger partial charge in [-0.05, 0) is 25.2 Å². The van der Waals surface area contributed by atoms with Crippen molar-refractivity contribution in [2.24, 2.45) is 11.8 Å². The molecule has 1 saturated heterocycles. The van der Waals surface area contributed by atoms with Gasteiger partial charge in [0.2, 0.25) is 0 Å². The second-order valence-electron chi connectivity index (χ2n) is 5.59. The van der Waals surface area contributed by atoms with Gasteiger partial charge in [-0.15, -0.1) is 0 Å². The number of anilines is 2. The molecule has 3 nitrogen and oxygen atoms in total. The van der Waals surface area contributed by atoms with E-state index >= 15 is 0 Å². The second-order valence-corrected chi connectivity index (χ2v) is 5.59. The Labute approximate surface area is 113 Å². The van der Waals surface area contributed by atoms with Crippen LogP contribution in [0.25, 0.3) is 0 Å². The lowest BCUT2D eigenvalue weighted by molar-refractivity contribution is 0.293. The van der Waals surface area contributed by atoms with Crippen molar-refractivity contribution in [3.63, 3.8) is 0 Å². The highest BCUT2D eigenvalue weighted by atomic mass is 19.1. The summed E-state index contributed by atoms with van der Waals surface area (Å²) in [6, 6.07) is 1.11. The van der Waals surface area contributed by atoms with Gasteiger partial charge in [0.15, 0.2) is 23.3 Å². The van der Waals surface area contributed by atoms with Crippen LogP contribution in [-0.4, -0.2) is 24.6 Å². The first kappa shape index (κ1) is 14.0. The molecule has 0 spiro atoms. The normalized spacial score (nSPS) is 27.5. The Bertz CT molecular complexity index is 464. The molecule has 3 atom stereocenters. The smallest absolute Gasteiger partial charge is 0.168 e. The first-order chi connectivity index (χ1) is 8.93. The Morgan fingerprint density at radius 1 is 1.26 bits per heavy atom. The number of pyridine rings is 1. The van der Waals surface area contributed by atoms with Crippen LogP contribution >= 0.6 is 0 Å². The van der Waals surface area contributed by atoms with E-state index in [9.17, 15) is 8.78 Å². The van der Waals surface area contributed by atoms with Gasteiger partial charge in [0.05, 0.1) is 0 Å². The number of piperidine rings is 1. The maximum atomic E-state index is 14.0. The predicted octanol–water partition coefficient (Wildman–Crippen LogP) is 3.27. The Kier molecular flexibility index (Phi) is 3.92. The van der Waals surface area contributed by atoms with Crippen LogP contribution in [0.3, 0.4) is 0 Å². The summed E-state index contributed by atoms with van der Waals surface area (Å²) in [7, 11) is 1.58. The molecule has 0 aliphatic carbocycles. The van der Waals surface area contributed by atoms with E-state index in [2.05, 4.69) is 31.1 Å². The molecule has 3 unspecified atom stereocenters. The zero-order chi connectivity index (χ0) is 14.2. The number of halogens is 2. The summed E-state index contributed by atoms with van der Waals surface area (Å²) in [6.07, 6.45) is 1.12. The van der Waals surface area contributed by atoms with Crippen molar-refractivity contribution in [2.75, 3.05) is 23.8 Å². The quantitative estimate of drug-likeness (QED) is 0.893. The second kappa shape index (κ2) is 5.31. The third kappa shape index (κ3) is 2.65. The van der Waals surface area contributed by atoms with Crippen molar-refractivity contribution in [3.05, 3.63) is 17.7 Å². The van der Waals surface area contributed by atoms with E-state index in [1.807, 2.05) is 4.90 Å². The highest BCUT2D eigenvalue weighted by Crippen LogP contribution is 2.32. The first-order valence-corrected chi connectivity index (χ1v) is 6.74. The number of hydrogen-bond acceptors (Lipinski definition) is 3. The molecule has 106 valence electrons. The standard InChI is InChI=1S/C14H21F2N3/c1-8-5-9(2)10(3)19(7-8)14-12(16)6-11(15)13(17-4)18-14/h6,8-10H,5,7H2,1-4H3,(H,17,18). The van der Waals surface area contributed by atoms with E-state index in [0.29, 0.717) is 11.8 Å². The van der Waals surface area contributed by atoms with Gasteiger partial charge in [0.1, 0.15) is 0 Å². The molecule has 0 bridgehead atoms. The molecule has 19 heavy (non-hydrogen) atoms. The van der Waals surface area contributed by atoms with Gasteiger partial charge in [-0.3, -0.25) is 0 Å². The fourth-order valence-electron chi connectivity index (χ4n) is 2.83. The van der Waals surface area contributed by atoms with Gasteiger partial charge in [-0.1, -0.05) is 13.8 Å². The number of nitrogens with one attached hydrogen (secondary N) is 1. The molecule has 2 heterocycles. The van der Waals surface area contributed by atoms with Gasteiger partial charge in [0.25, 0.3) is 0 Å². The minimum absolute atomic E-state index is 0.0921. The number of hydrogen-bond donors (Lipinski definition) is 1. The fourth-order valence-corrected chi connectivity index (χ4v) is 2.83. The molecule has 1 aromatic heterocycles. The highest BCUT2D eigenvalue weighted by Gasteiger charge is 2.31. The van der Waals surface area contributed by atoms with Crippen LogP contribution < -0.4 is 10.2 Å². The van der Waals surface area contributed by atoms with Crippen LogP contribution in [0, 0.1) is 23.5 Å². The van der Waals surface area contributed by atoms with Crippen LogP contribution in [0.4, 0.5) is 20.4 Å². The lowest BCUT2D eigenvalue weighted by Crippen LogP contribution is -2.46. The van der Waals surface area contributed by atoms with Crippen molar-refractivity contribution in [1.29, 1.82) is 0 Å². The Balaban J connectivity index is 2.39. The number of aromatic nitrogens is 1. The third-order valence-electron chi connectivity index (χ3n) is 4.02. The summed E-state index contributed by atoms with van der Waals surface area (Å²) >= 11 is 0. The topological polar surface area (TPSA) is 28.2 Å². The molecule has 2 rings (SSSR count). The fraction of sp³-hybridized carbons (Fsp3) is 0.643. The SMILES string of the molecule is CNc1nc(N2CC(C)CC(C)C2C)c(F)cc1F. The molecule has 1 aliphatic rings. The van der Waals surface area contributed by atoms with E-state index in [1.54, 1.807) is 7.05 Å². The van der Waals surface area contributed by atoms with Gasteiger partial charge in [-0.2, -0.15) is 0 Å². The van der Waals surface area contributed by atoms with Gasteiger partial charge < -0.3 is 10.2 Å². The molecular formula is C14H21F2N3. The molecule has 5 heteroatoms. The number of rotatable bonds is 2. The van der Waals surface area contributed by atoms with Gasteiger partial charge in [-0.25, -0.2) is 13.8 Å². The predicted molar refractivity (Wildman–Crippen MR) is 73.5 cm³/mol. The van der Waals surface area contributed by atoms with Crippen LogP contribution in [0.15, 0.2) is 6.07 Å². The van der Waals surface area contributed by atoms with E-state index < -0.39 is 11.6 Å². The van der Waals surface area contributed by atoms with E-state index in [1.165, 1.54) is 0 Å². The molecule has 0 saturated carbocycles. The Morgan fingerprint density at radius 2 is 1.95 bits per heavy atom.